The third-order valence-corrected chi connectivity index (χ3v) is 11.3. The van der Waals surface area contributed by atoms with Crippen LogP contribution in [0.15, 0.2) is 0 Å². The van der Waals surface area contributed by atoms with E-state index in [1.807, 2.05) is 0 Å². The van der Waals surface area contributed by atoms with Crippen molar-refractivity contribution in [3.63, 3.8) is 0 Å². The molecule has 6 aliphatic carbocycles. The molecule has 0 aromatic carbocycles. The summed E-state index contributed by atoms with van der Waals surface area (Å²) in [6, 6.07) is 0. The number of hydrogen-bond acceptors (Lipinski definition) is 0. The standard InChI is InChI=1S/C13H18Si/c1-14(2,3)13-10-4-5(10)7-9(12(7)13)8-6(4)11(8)13/h4-12H,1-3H3. The van der Waals surface area contributed by atoms with Crippen LogP contribution in [0.2, 0.25) is 24.7 Å². The van der Waals surface area contributed by atoms with Crippen LogP contribution in [-0.2, 0) is 0 Å². The molecule has 14 heavy (non-hydrogen) atoms. The zero-order valence-corrected chi connectivity index (χ0v) is 10.2. The van der Waals surface area contributed by atoms with E-state index in [1.54, 1.807) is 0 Å². The topological polar surface area (TPSA) is 0 Å². The molecule has 0 aromatic rings. The molecular formula is C13H18Si. The molecule has 0 bridgehead atoms. The van der Waals surface area contributed by atoms with Crippen LogP contribution in [0.3, 0.4) is 0 Å². The van der Waals surface area contributed by atoms with Gasteiger partial charge in [0.05, 0.1) is 8.07 Å². The Labute approximate surface area is 86.5 Å². The lowest BCUT2D eigenvalue weighted by Crippen LogP contribution is -2.42. The van der Waals surface area contributed by atoms with E-state index in [0.29, 0.717) is 0 Å². The van der Waals surface area contributed by atoms with E-state index in [0.717, 1.165) is 5.04 Å². The predicted molar refractivity (Wildman–Crippen MR) is 57.4 cm³/mol. The average molecular weight is 202 g/mol. The van der Waals surface area contributed by atoms with E-state index in [1.165, 1.54) is 53.3 Å². The van der Waals surface area contributed by atoms with Gasteiger partial charge in [-0.2, -0.15) is 0 Å². The third kappa shape index (κ3) is 0.321. The molecule has 0 amide bonds. The van der Waals surface area contributed by atoms with E-state index >= 15 is 0 Å². The van der Waals surface area contributed by atoms with Gasteiger partial charge in [-0.05, 0) is 58.3 Å². The van der Waals surface area contributed by atoms with Crippen molar-refractivity contribution in [3.8, 4) is 0 Å². The van der Waals surface area contributed by atoms with Crippen LogP contribution in [-0.4, -0.2) is 8.07 Å². The van der Waals surface area contributed by atoms with Crippen LogP contribution < -0.4 is 0 Å². The molecule has 0 nitrogen and oxygen atoms in total. The minimum Gasteiger partial charge on any atom is -0.0691 e. The van der Waals surface area contributed by atoms with Crippen molar-refractivity contribution in [1.82, 2.24) is 0 Å². The lowest BCUT2D eigenvalue weighted by Gasteiger charge is -2.42. The summed E-state index contributed by atoms with van der Waals surface area (Å²) in [5, 5.41) is 1.02. The summed E-state index contributed by atoms with van der Waals surface area (Å²) < 4.78 is 0. The normalized spacial score (nSPS) is 87.2. The Morgan fingerprint density at radius 3 is 1.14 bits per heavy atom. The van der Waals surface area contributed by atoms with Crippen LogP contribution in [0.25, 0.3) is 0 Å². The summed E-state index contributed by atoms with van der Waals surface area (Å²) in [5.74, 6) is 11.7. The molecule has 6 saturated carbocycles. The van der Waals surface area contributed by atoms with E-state index in [-0.39, 0.29) is 0 Å². The quantitative estimate of drug-likeness (QED) is 0.574. The maximum absolute atomic E-state index is 2.69. The molecule has 0 heterocycles. The summed E-state index contributed by atoms with van der Waals surface area (Å²) in [7, 11) is -0.876. The molecule has 0 aliphatic heterocycles. The molecule has 0 N–H and O–H groups in total. The highest BCUT2D eigenvalue weighted by Crippen LogP contribution is 3.09. The molecular weight excluding hydrogens is 184 g/mol. The summed E-state index contributed by atoms with van der Waals surface area (Å²) >= 11 is 0. The van der Waals surface area contributed by atoms with Crippen molar-refractivity contribution >= 4 is 8.07 Å². The molecule has 1 heteroatoms. The lowest BCUT2D eigenvalue weighted by atomic mass is 9.99. The Morgan fingerprint density at radius 2 is 0.929 bits per heavy atom. The Hall–Kier alpha value is 0.217. The molecule has 6 aliphatic rings. The van der Waals surface area contributed by atoms with E-state index in [9.17, 15) is 0 Å². The first-order chi connectivity index (χ1) is 6.62. The highest BCUT2D eigenvalue weighted by atomic mass is 28.3. The van der Waals surface area contributed by atoms with Gasteiger partial charge in [-0.3, -0.25) is 0 Å². The van der Waals surface area contributed by atoms with E-state index < -0.39 is 8.07 Å². The van der Waals surface area contributed by atoms with Gasteiger partial charge in [0, 0.05) is 0 Å². The van der Waals surface area contributed by atoms with Gasteiger partial charge in [0.2, 0.25) is 0 Å². The maximum atomic E-state index is 2.69. The van der Waals surface area contributed by atoms with Gasteiger partial charge in [0.15, 0.2) is 0 Å². The SMILES string of the molecule is C[Si](C)(C)C12C3C4C3C3C(C5C4C51)C32. The highest BCUT2D eigenvalue weighted by Gasteiger charge is 3.04. The van der Waals surface area contributed by atoms with Gasteiger partial charge < -0.3 is 0 Å². The van der Waals surface area contributed by atoms with Gasteiger partial charge in [-0.25, -0.2) is 0 Å². The Balaban J connectivity index is 1.73. The van der Waals surface area contributed by atoms with E-state index in [4.69, 9.17) is 0 Å². The van der Waals surface area contributed by atoms with E-state index in [2.05, 4.69) is 19.6 Å². The van der Waals surface area contributed by atoms with Crippen molar-refractivity contribution < 1.29 is 0 Å². The monoisotopic (exact) mass is 202 g/mol. The molecule has 0 unspecified atom stereocenters. The second-order valence-electron chi connectivity index (χ2n) is 8.22. The zero-order chi connectivity index (χ0) is 9.20. The Bertz CT molecular complexity index is 320. The summed E-state index contributed by atoms with van der Waals surface area (Å²) in [5.41, 5.74) is 0. The largest absolute Gasteiger partial charge is 0.0691 e. The van der Waals surface area contributed by atoms with Crippen LogP contribution in [0.4, 0.5) is 0 Å². The molecule has 6 fully saturated rings. The first kappa shape index (κ1) is 6.73. The van der Waals surface area contributed by atoms with Crippen molar-refractivity contribution in [2.24, 2.45) is 53.3 Å². The van der Waals surface area contributed by atoms with Crippen molar-refractivity contribution in [1.29, 1.82) is 0 Å². The highest BCUT2D eigenvalue weighted by molar-refractivity contribution is 6.80. The average Bonchev–Trinajstić information content (AvgIpc) is 2.90. The van der Waals surface area contributed by atoms with Crippen molar-refractivity contribution in [3.05, 3.63) is 0 Å². The van der Waals surface area contributed by atoms with Gasteiger partial charge >= 0.3 is 0 Å². The molecule has 0 aromatic heterocycles. The fraction of sp³-hybridized carbons (Fsp3) is 1.00. The first-order valence-electron chi connectivity index (χ1n) is 6.62. The van der Waals surface area contributed by atoms with Gasteiger partial charge in [-0.15, -0.1) is 0 Å². The second kappa shape index (κ2) is 1.28. The second-order valence-corrected chi connectivity index (χ2v) is 13.6. The summed E-state index contributed by atoms with van der Waals surface area (Å²) in [6.07, 6.45) is 0. The minimum atomic E-state index is -0.876. The van der Waals surface area contributed by atoms with Crippen LogP contribution in [0.5, 0.6) is 0 Å². The number of hydrogen-bond donors (Lipinski definition) is 0. The first-order valence-corrected chi connectivity index (χ1v) is 10.1. The number of fused-ring (bicyclic) bond motifs is 6. The summed E-state index contributed by atoms with van der Waals surface area (Å²) in [4.78, 5) is 0. The Morgan fingerprint density at radius 1 is 0.643 bits per heavy atom. The van der Waals surface area contributed by atoms with Gasteiger partial charge in [0.1, 0.15) is 0 Å². The van der Waals surface area contributed by atoms with Crippen LogP contribution >= 0.6 is 0 Å². The lowest BCUT2D eigenvalue weighted by molar-refractivity contribution is 0.434. The maximum Gasteiger partial charge on any atom is 0.0516 e. The van der Waals surface area contributed by atoms with Crippen molar-refractivity contribution in [2.45, 2.75) is 24.7 Å². The number of rotatable bonds is 1. The van der Waals surface area contributed by atoms with Crippen LogP contribution in [0.1, 0.15) is 0 Å². The van der Waals surface area contributed by atoms with Gasteiger partial charge in [0.25, 0.3) is 0 Å². The zero-order valence-electron chi connectivity index (χ0n) is 9.20. The molecule has 0 atom stereocenters. The molecule has 6 rings (SSSR count). The van der Waals surface area contributed by atoms with Crippen molar-refractivity contribution in [2.75, 3.05) is 0 Å². The van der Waals surface area contributed by atoms with Crippen LogP contribution in [0, 0.1) is 53.3 Å². The van der Waals surface area contributed by atoms with Gasteiger partial charge in [-0.1, -0.05) is 19.6 Å². The molecule has 0 radical (unpaired) electrons. The fourth-order valence-electron chi connectivity index (χ4n) is 8.13. The molecule has 0 saturated heterocycles. The Kier molecular flexibility index (Phi) is 0.616. The fourth-order valence-corrected chi connectivity index (χ4v) is 12.3. The summed E-state index contributed by atoms with van der Waals surface area (Å²) in [6.45, 7) is 8.08. The predicted octanol–water partition coefficient (Wildman–Crippen LogP) is 2.69. The molecule has 74 valence electrons. The minimum absolute atomic E-state index is 0.876. The smallest absolute Gasteiger partial charge is 0.0516 e. The molecule has 0 spiro atoms. The third-order valence-electron chi connectivity index (χ3n) is 7.69.